The molecule has 0 saturated carbocycles. The summed E-state index contributed by atoms with van der Waals surface area (Å²) >= 11 is 1.84. The molecule has 0 atom stereocenters. The largest absolute Gasteiger partial charge is 1.00 e. The SMILES string of the molecule is CCCN(CCC[N+](C)(C)CCC)c1cc(C=C2Sc3ccccc3N2C)c2ccc(OC)cc2[n+]1-c1ccccc1.[I-].[I-]. The van der Waals surface area contributed by atoms with Crippen LogP contribution in [-0.4, -0.2) is 58.9 Å². The Balaban J connectivity index is 0.00000264. The number of hydrogen-bond acceptors (Lipinski definition) is 4. The molecule has 236 valence electrons. The predicted molar refractivity (Wildman–Crippen MR) is 180 cm³/mol. The molecule has 5 rings (SSSR count). The second-order valence-corrected chi connectivity index (χ2v) is 12.9. The molecule has 5 nitrogen and oxygen atoms in total. The van der Waals surface area contributed by atoms with Crippen LogP contribution in [0.5, 0.6) is 5.75 Å². The van der Waals surface area contributed by atoms with Crippen molar-refractivity contribution < 1.29 is 61.7 Å². The summed E-state index contributed by atoms with van der Waals surface area (Å²) in [5, 5.41) is 2.44. The zero-order valence-electron chi connectivity index (χ0n) is 26.9. The lowest BCUT2D eigenvalue weighted by molar-refractivity contribution is -0.890. The van der Waals surface area contributed by atoms with Gasteiger partial charge < -0.3 is 62.1 Å². The van der Waals surface area contributed by atoms with Gasteiger partial charge in [-0.3, -0.25) is 4.90 Å². The van der Waals surface area contributed by atoms with Crippen molar-refractivity contribution >= 4 is 40.2 Å². The van der Waals surface area contributed by atoms with Gasteiger partial charge in [0.15, 0.2) is 0 Å². The molecule has 0 fully saturated rings. The zero-order valence-corrected chi connectivity index (χ0v) is 32.0. The Morgan fingerprint density at radius 3 is 2.30 bits per heavy atom. The van der Waals surface area contributed by atoms with Crippen LogP contribution in [0.4, 0.5) is 11.5 Å². The first-order chi connectivity index (χ1) is 20.3. The Morgan fingerprint density at radius 1 is 0.886 bits per heavy atom. The Kier molecular flexibility index (Phi) is 13.7. The van der Waals surface area contributed by atoms with Crippen LogP contribution in [0.1, 0.15) is 38.7 Å². The van der Waals surface area contributed by atoms with E-state index in [1.807, 2.05) is 11.8 Å². The quantitative estimate of drug-likeness (QED) is 0.123. The van der Waals surface area contributed by atoms with Crippen LogP contribution in [0, 0.1) is 0 Å². The highest BCUT2D eigenvalue weighted by atomic mass is 127. The molecule has 0 spiro atoms. The highest BCUT2D eigenvalue weighted by Crippen LogP contribution is 2.46. The molecule has 0 saturated heterocycles. The van der Waals surface area contributed by atoms with E-state index < -0.39 is 0 Å². The highest BCUT2D eigenvalue weighted by molar-refractivity contribution is 8.03. The summed E-state index contributed by atoms with van der Waals surface area (Å²) in [5.74, 6) is 2.09. The maximum absolute atomic E-state index is 5.76. The van der Waals surface area contributed by atoms with Crippen LogP contribution in [0.25, 0.3) is 22.7 Å². The monoisotopic (exact) mass is 836 g/mol. The van der Waals surface area contributed by atoms with Crippen molar-refractivity contribution in [2.75, 3.05) is 64.2 Å². The molecule has 3 aromatic carbocycles. The smallest absolute Gasteiger partial charge is 0.282 e. The second kappa shape index (κ2) is 16.5. The number of fused-ring (bicyclic) bond motifs is 2. The van der Waals surface area contributed by atoms with Crippen molar-refractivity contribution in [2.24, 2.45) is 0 Å². The van der Waals surface area contributed by atoms with Crippen molar-refractivity contribution in [2.45, 2.75) is 38.0 Å². The minimum Gasteiger partial charge on any atom is -1.00 e. The number of pyridine rings is 1. The lowest BCUT2D eigenvalue weighted by Gasteiger charge is -2.30. The van der Waals surface area contributed by atoms with E-state index in [0.29, 0.717) is 0 Å². The molecule has 1 aliphatic rings. The van der Waals surface area contributed by atoms with Crippen LogP contribution in [0.15, 0.2) is 88.8 Å². The molecule has 2 heterocycles. The summed E-state index contributed by atoms with van der Waals surface area (Å²) < 4.78 is 9.26. The second-order valence-electron chi connectivity index (χ2n) is 11.8. The van der Waals surface area contributed by atoms with Gasteiger partial charge in [0.2, 0.25) is 0 Å². The topological polar surface area (TPSA) is 19.6 Å². The van der Waals surface area contributed by atoms with Gasteiger partial charge in [0.25, 0.3) is 5.82 Å². The van der Waals surface area contributed by atoms with E-state index in [-0.39, 0.29) is 48.0 Å². The van der Waals surface area contributed by atoms with Crippen molar-refractivity contribution in [3.63, 3.8) is 0 Å². The normalized spacial score (nSPS) is 13.4. The summed E-state index contributed by atoms with van der Waals surface area (Å²) in [6.45, 7) is 8.95. The fourth-order valence-electron chi connectivity index (χ4n) is 6.07. The molecule has 0 amide bonds. The first-order valence-corrected chi connectivity index (χ1v) is 16.1. The fraction of sp³-hybridized carbons (Fsp3) is 0.361. The molecule has 0 unspecified atom stereocenters. The molecular weight excluding hydrogens is 790 g/mol. The number of para-hydroxylation sites is 2. The van der Waals surface area contributed by atoms with E-state index >= 15 is 0 Å². The Hall–Kier alpha value is -2.02. The molecule has 1 aromatic heterocycles. The van der Waals surface area contributed by atoms with Crippen LogP contribution >= 0.6 is 11.8 Å². The molecule has 8 heteroatoms. The number of benzene rings is 3. The van der Waals surface area contributed by atoms with Gasteiger partial charge in [-0.1, -0.05) is 55.9 Å². The number of ether oxygens (including phenoxy) is 1. The van der Waals surface area contributed by atoms with Gasteiger partial charge in [-0.2, -0.15) is 4.57 Å². The zero-order chi connectivity index (χ0) is 29.7. The molecule has 0 aliphatic carbocycles. The van der Waals surface area contributed by atoms with Crippen LogP contribution in [0.3, 0.4) is 0 Å². The lowest BCUT2D eigenvalue weighted by atomic mass is 10.1. The number of halogens is 2. The van der Waals surface area contributed by atoms with Crippen molar-refractivity contribution in [1.29, 1.82) is 0 Å². The summed E-state index contributed by atoms with van der Waals surface area (Å²) in [6.07, 6.45) is 5.80. The van der Waals surface area contributed by atoms with E-state index in [1.54, 1.807) is 7.11 Å². The van der Waals surface area contributed by atoms with Gasteiger partial charge in [-0.05, 0) is 60.9 Å². The molecule has 1 aliphatic heterocycles. The van der Waals surface area contributed by atoms with Crippen LogP contribution in [-0.2, 0) is 0 Å². The predicted octanol–water partition coefficient (Wildman–Crippen LogP) is 1.77. The average Bonchev–Trinajstić information content (AvgIpc) is 3.31. The van der Waals surface area contributed by atoms with Gasteiger partial charge in [-0.15, -0.1) is 0 Å². The average molecular weight is 837 g/mol. The standard InChI is InChI=1S/C36H46N4OS.2HI/c1-7-21-38(22-14-24-40(4,5)23-8-2)35-25-28(26-36-37(3)32-17-12-13-18-34(32)42-36)31-20-19-30(41-6)27-33(31)39(35)29-15-10-9-11-16-29;;/h9-13,15-20,25-27H,7-8,14,21-24H2,1-6H3;2*1H/q+2;;/p-2. The summed E-state index contributed by atoms with van der Waals surface area (Å²) in [5.41, 5.74) is 4.79. The number of thioether (sulfide) groups is 1. The number of nitrogens with zero attached hydrogens (tertiary/aromatic N) is 4. The Bertz CT molecular complexity index is 1560. The number of anilines is 2. The molecule has 44 heavy (non-hydrogen) atoms. The Morgan fingerprint density at radius 2 is 1.61 bits per heavy atom. The van der Waals surface area contributed by atoms with Gasteiger partial charge in [0.1, 0.15) is 17.0 Å². The highest BCUT2D eigenvalue weighted by Gasteiger charge is 2.27. The summed E-state index contributed by atoms with van der Waals surface area (Å²) in [6, 6.07) is 28.3. The van der Waals surface area contributed by atoms with Crippen molar-refractivity contribution in [1.82, 2.24) is 0 Å². The molecule has 0 bridgehead atoms. The maximum atomic E-state index is 5.76. The minimum atomic E-state index is 0. The third-order valence-corrected chi connectivity index (χ3v) is 9.34. The molecule has 0 N–H and O–H groups in total. The third kappa shape index (κ3) is 8.22. The van der Waals surface area contributed by atoms with E-state index in [0.717, 1.165) is 53.9 Å². The van der Waals surface area contributed by atoms with Gasteiger partial charge in [-0.25, -0.2) is 0 Å². The summed E-state index contributed by atoms with van der Waals surface area (Å²) in [4.78, 5) is 6.21. The third-order valence-electron chi connectivity index (χ3n) is 8.17. The number of rotatable bonds is 12. The van der Waals surface area contributed by atoms with Gasteiger partial charge >= 0.3 is 0 Å². The number of aromatic nitrogens is 1. The van der Waals surface area contributed by atoms with Gasteiger partial charge in [0, 0.05) is 35.9 Å². The molecule has 0 radical (unpaired) electrons. The number of hydrogen-bond donors (Lipinski definition) is 0. The van der Waals surface area contributed by atoms with E-state index in [2.05, 4.69) is 134 Å². The number of methoxy groups -OCH3 is 1. The first kappa shape index (κ1) is 36.4. The van der Waals surface area contributed by atoms with Crippen molar-refractivity contribution in [3.05, 3.63) is 89.5 Å². The van der Waals surface area contributed by atoms with E-state index in [9.17, 15) is 0 Å². The first-order valence-electron chi connectivity index (χ1n) is 15.3. The lowest BCUT2D eigenvalue weighted by Crippen LogP contribution is -3.00. The van der Waals surface area contributed by atoms with E-state index in [4.69, 9.17) is 4.74 Å². The molecular formula is C36H46I2N4OS. The number of quaternary nitrogens is 1. The Labute approximate surface area is 302 Å². The van der Waals surface area contributed by atoms with Crippen molar-refractivity contribution in [3.8, 4) is 11.4 Å². The van der Waals surface area contributed by atoms with Gasteiger partial charge in [0.05, 0.1) is 58.1 Å². The van der Waals surface area contributed by atoms with E-state index in [1.165, 1.54) is 45.3 Å². The fourth-order valence-corrected chi connectivity index (χ4v) is 7.17. The van der Waals surface area contributed by atoms with Crippen LogP contribution < -0.4 is 67.1 Å². The van der Waals surface area contributed by atoms with Crippen LogP contribution in [0.2, 0.25) is 0 Å². The maximum Gasteiger partial charge on any atom is 0.282 e. The summed E-state index contributed by atoms with van der Waals surface area (Å²) in [7, 11) is 8.64. The minimum absolute atomic E-state index is 0. The molecule has 4 aromatic rings.